The molecule has 332 valence electrons. The van der Waals surface area contributed by atoms with Gasteiger partial charge in [0.15, 0.2) is 18.4 Å². The van der Waals surface area contributed by atoms with E-state index in [1.807, 2.05) is 6.92 Å². The van der Waals surface area contributed by atoms with Crippen molar-refractivity contribution in [3.8, 4) is 0 Å². The van der Waals surface area contributed by atoms with E-state index in [9.17, 15) is 39.1 Å². The zero-order valence-electron chi connectivity index (χ0n) is 34.7. The van der Waals surface area contributed by atoms with Gasteiger partial charge in [0.1, 0.15) is 42.7 Å². The Morgan fingerprint density at radius 1 is 0.862 bits per heavy atom. The average molecular weight is 847 g/mol. The normalized spacial score (nSPS) is 54.8. The molecule has 17 heteroatoms. The molecule has 4 heterocycles. The fourth-order valence-electron chi connectivity index (χ4n) is 14.5. The Kier molecular flexibility index (Phi) is 11.0. The number of aliphatic hydroxyl groups excluding tert-OH is 5. The first-order valence-corrected chi connectivity index (χ1v) is 22.5. The van der Waals surface area contributed by atoms with Crippen molar-refractivity contribution in [2.45, 2.75) is 179 Å². The van der Waals surface area contributed by atoms with Gasteiger partial charge in [-0.15, -0.1) is 0 Å². The summed E-state index contributed by atoms with van der Waals surface area (Å²) in [5.41, 5.74) is -0.286. The van der Waals surface area contributed by atoms with Crippen LogP contribution in [0.4, 0.5) is 0 Å². The van der Waals surface area contributed by atoms with Gasteiger partial charge in [-0.25, -0.2) is 4.18 Å². The van der Waals surface area contributed by atoms with Crippen molar-refractivity contribution in [1.29, 1.82) is 0 Å². The lowest BCUT2D eigenvalue weighted by molar-refractivity contribution is -0.357. The summed E-state index contributed by atoms with van der Waals surface area (Å²) in [6.45, 7) is 15.0. The van der Waals surface area contributed by atoms with Gasteiger partial charge in [-0.05, 0) is 93.3 Å². The van der Waals surface area contributed by atoms with Crippen LogP contribution in [0.3, 0.4) is 0 Å². The molecule has 2 bridgehead atoms. The van der Waals surface area contributed by atoms with E-state index in [1.54, 1.807) is 0 Å². The summed E-state index contributed by atoms with van der Waals surface area (Å²) in [7, 11) is -4.92. The summed E-state index contributed by atoms with van der Waals surface area (Å²) < 4.78 is 73.1. The fourth-order valence-corrected chi connectivity index (χ4v) is 14.8. The summed E-state index contributed by atoms with van der Waals surface area (Å²) in [6.07, 6.45) is -5.88. The van der Waals surface area contributed by atoms with Gasteiger partial charge < -0.3 is 59.1 Å². The predicted octanol–water partition coefficient (Wildman–Crippen LogP) is 1.97. The van der Waals surface area contributed by atoms with Crippen LogP contribution >= 0.6 is 0 Å². The van der Waals surface area contributed by atoms with E-state index in [-0.39, 0.29) is 52.3 Å². The Balaban J connectivity index is 0.973. The number of allylic oxidation sites excluding steroid dienone is 1. The Morgan fingerprint density at radius 2 is 1.59 bits per heavy atom. The maximum absolute atomic E-state index is 12.1. The molecular formula is C41H66O16S. The lowest BCUT2D eigenvalue weighted by atomic mass is 9.35. The van der Waals surface area contributed by atoms with Crippen molar-refractivity contribution in [3.63, 3.8) is 0 Å². The molecular weight excluding hydrogens is 781 g/mol. The minimum Gasteiger partial charge on any atom is -0.390 e. The number of hydrogen-bond donors (Lipinski definition) is 7. The molecule has 0 aromatic carbocycles. The molecule has 0 amide bonds. The second-order valence-corrected chi connectivity index (χ2v) is 21.8. The minimum atomic E-state index is -4.92. The molecule has 4 aliphatic carbocycles. The van der Waals surface area contributed by atoms with Crippen LogP contribution < -0.4 is 0 Å². The zero-order chi connectivity index (χ0) is 42.2. The highest BCUT2D eigenvalue weighted by Crippen LogP contribution is 2.80. The topological polar surface area (TPSA) is 240 Å². The molecule has 4 saturated heterocycles. The summed E-state index contributed by atoms with van der Waals surface area (Å²) in [5.74, 6) is 0.0984. The van der Waals surface area contributed by atoms with Gasteiger partial charge in [0.25, 0.3) is 0 Å². The Hall–Kier alpha value is -0.870. The SMILES string of the molecule is CC(C)=CC1CC(C)(O)C2C3CCC4C5(C)CCC(OC6OCC(O)C(OC7OC(COS(=O)(=O)O)C(O)C(O)C7O)C6O)C(C)(C)C5CCC4(C)C34COC2(C4)O1. The standard InChI is InChI=1S/C41H66O16S/c1-20(2)14-21-15-39(7,47)33-22-8-9-26-37(5)12-11-27(36(3,4)25(37)10-13-38(26,6)40(22)18-41(33,57-21)52-19-40)55-34-31(46)32(23(42)16-51-34)56-35-30(45)29(44)28(43)24(54-35)17-53-58(48,49)50/h14,21-35,42-47H,8-13,15-19H2,1-7H3,(H,48,49,50). The van der Waals surface area contributed by atoms with Gasteiger partial charge in [0.05, 0.1) is 37.6 Å². The third kappa shape index (κ3) is 6.71. The second kappa shape index (κ2) is 14.6. The first kappa shape index (κ1) is 43.8. The lowest BCUT2D eigenvalue weighted by Crippen LogP contribution is -2.67. The van der Waals surface area contributed by atoms with Crippen molar-refractivity contribution in [2.24, 2.45) is 45.3 Å². The third-order valence-electron chi connectivity index (χ3n) is 16.8. The zero-order valence-corrected chi connectivity index (χ0v) is 35.5. The van der Waals surface area contributed by atoms with E-state index < -0.39 is 83.7 Å². The van der Waals surface area contributed by atoms with Gasteiger partial charge in [-0.2, -0.15) is 8.42 Å². The van der Waals surface area contributed by atoms with Crippen molar-refractivity contribution in [3.05, 3.63) is 11.6 Å². The van der Waals surface area contributed by atoms with Crippen LogP contribution in [0, 0.1) is 45.3 Å². The van der Waals surface area contributed by atoms with Gasteiger partial charge in [-0.3, -0.25) is 4.55 Å². The van der Waals surface area contributed by atoms with Gasteiger partial charge in [0.2, 0.25) is 0 Å². The molecule has 8 aliphatic rings. The average Bonchev–Trinajstić information content (AvgIpc) is 3.63. The lowest BCUT2D eigenvalue weighted by Gasteiger charge is -2.70. The summed E-state index contributed by atoms with van der Waals surface area (Å²) >= 11 is 0. The Morgan fingerprint density at radius 3 is 2.28 bits per heavy atom. The first-order chi connectivity index (χ1) is 26.9. The number of rotatable bonds is 8. The number of fused-ring (bicyclic) bond motifs is 4. The molecule has 7 N–H and O–H groups in total. The molecule has 2 spiro atoms. The van der Waals surface area contributed by atoms with Crippen LogP contribution in [0.25, 0.3) is 0 Å². The molecule has 0 aromatic rings. The molecule has 4 aliphatic heterocycles. The summed E-state index contributed by atoms with van der Waals surface area (Å²) in [6, 6.07) is 0. The minimum absolute atomic E-state index is 0.0308. The number of hydrogen-bond acceptors (Lipinski definition) is 15. The van der Waals surface area contributed by atoms with E-state index in [4.69, 9.17) is 33.0 Å². The van der Waals surface area contributed by atoms with Crippen molar-refractivity contribution in [2.75, 3.05) is 19.8 Å². The van der Waals surface area contributed by atoms with Crippen LogP contribution in [-0.2, 0) is 43.0 Å². The second-order valence-electron chi connectivity index (χ2n) is 20.7. The van der Waals surface area contributed by atoms with E-state index in [0.717, 1.165) is 44.1 Å². The largest absolute Gasteiger partial charge is 0.397 e. The summed E-state index contributed by atoms with van der Waals surface area (Å²) in [5, 5.41) is 66.0. The third-order valence-corrected chi connectivity index (χ3v) is 17.3. The predicted molar refractivity (Wildman–Crippen MR) is 203 cm³/mol. The first-order valence-electron chi connectivity index (χ1n) is 21.2. The number of aliphatic hydroxyl groups is 6. The molecule has 4 saturated carbocycles. The van der Waals surface area contributed by atoms with Gasteiger partial charge in [0, 0.05) is 24.2 Å². The van der Waals surface area contributed by atoms with Crippen LogP contribution in [0.1, 0.15) is 99.8 Å². The smallest absolute Gasteiger partial charge is 0.390 e. The monoisotopic (exact) mass is 846 g/mol. The summed E-state index contributed by atoms with van der Waals surface area (Å²) in [4.78, 5) is 0. The molecule has 58 heavy (non-hydrogen) atoms. The molecule has 0 radical (unpaired) electrons. The van der Waals surface area contributed by atoms with E-state index in [2.05, 4.69) is 51.8 Å². The fraction of sp³-hybridized carbons (Fsp3) is 0.951. The van der Waals surface area contributed by atoms with E-state index in [0.29, 0.717) is 31.3 Å². The molecule has 0 aromatic heterocycles. The van der Waals surface area contributed by atoms with Crippen LogP contribution in [0.2, 0.25) is 0 Å². The Labute approximate surface area is 341 Å². The van der Waals surface area contributed by atoms with Gasteiger partial charge in [-0.1, -0.05) is 39.3 Å². The Bertz CT molecular complexity index is 1700. The van der Waals surface area contributed by atoms with Crippen molar-refractivity contribution in [1.82, 2.24) is 0 Å². The number of ether oxygens (including phenoxy) is 6. The molecule has 16 nitrogen and oxygen atoms in total. The molecule has 8 fully saturated rings. The highest BCUT2D eigenvalue weighted by atomic mass is 32.3. The molecule has 8 rings (SSSR count). The molecule has 20 unspecified atom stereocenters. The van der Waals surface area contributed by atoms with Crippen LogP contribution in [0.5, 0.6) is 0 Å². The highest BCUT2D eigenvalue weighted by molar-refractivity contribution is 7.80. The van der Waals surface area contributed by atoms with Crippen LogP contribution in [0.15, 0.2) is 11.6 Å². The van der Waals surface area contributed by atoms with Gasteiger partial charge >= 0.3 is 10.4 Å². The van der Waals surface area contributed by atoms with Crippen molar-refractivity contribution >= 4 is 10.4 Å². The highest BCUT2D eigenvalue weighted by Gasteiger charge is 2.81. The van der Waals surface area contributed by atoms with E-state index >= 15 is 0 Å². The maximum atomic E-state index is 12.1. The van der Waals surface area contributed by atoms with E-state index in [1.165, 1.54) is 0 Å². The molecule has 20 atom stereocenters. The van der Waals surface area contributed by atoms with Crippen LogP contribution in [-0.4, -0.2) is 142 Å². The van der Waals surface area contributed by atoms with Crippen molar-refractivity contribution < 1.29 is 76.2 Å². The maximum Gasteiger partial charge on any atom is 0.397 e. The quantitative estimate of drug-likeness (QED) is 0.105.